The minimum absolute atomic E-state index is 0.118. The Kier molecular flexibility index (Phi) is 2.34. The van der Waals surface area contributed by atoms with Gasteiger partial charge in [-0.15, -0.1) is 0 Å². The molecule has 0 amide bonds. The summed E-state index contributed by atoms with van der Waals surface area (Å²) < 4.78 is 5.48. The lowest BCUT2D eigenvalue weighted by Crippen LogP contribution is -2.24. The van der Waals surface area contributed by atoms with Crippen LogP contribution in [0.4, 0.5) is 0 Å². The van der Waals surface area contributed by atoms with Gasteiger partial charge in [-0.3, -0.25) is 4.79 Å². The lowest BCUT2D eigenvalue weighted by atomic mass is 10.0. The number of fused-ring (bicyclic) bond motifs is 1. The van der Waals surface area contributed by atoms with E-state index in [1.165, 1.54) is 6.07 Å². The van der Waals surface area contributed by atoms with Crippen LogP contribution in [0.5, 0.6) is 17.2 Å². The van der Waals surface area contributed by atoms with Gasteiger partial charge in [-0.1, -0.05) is 0 Å². The van der Waals surface area contributed by atoms with Crippen LogP contribution in [0.3, 0.4) is 0 Å². The zero-order chi connectivity index (χ0) is 11.2. The van der Waals surface area contributed by atoms with Crippen LogP contribution in [0.2, 0.25) is 0 Å². The van der Waals surface area contributed by atoms with Gasteiger partial charge in [0.25, 0.3) is 0 Å². The summed E-state index contributed by atoms with van der Waals surface area (Å²) in [4.78, 5) is 11.6. The number of ketones is 1. The number of benzene rings is 1. The summed E-state index contributed by atoms with van der Waals surface area (Å²) in [5, 5.41) is 19.1. The van der Waals surface area contributed by atoms with Crippen LogP contribution in [0.1, 0.15) is 23.7 Å². The van der Waals surface area contributed by atoms with Gasteiger partial charge in [-0.2, -0.15) is 0 Å². The topological polar surface area (TPSA) is 66.8 Å². The van der Waals surface area contributed by atoms with E-state index >= 15 is 0 Å². The van der Waals surface area contributed by atoms with Crippen molar-refractivity contribution in [1.29, 1.82) is 0 Å². The van der Waals surface area contributed by atoms with Gasteiger partial charge < -0.3 is 14.9 Å². The molecule has 1 atom stereocenters. The number of carbonyl (C=O) groups excluding carboxylic acids is 1. The maximum absolute atomic E-state index is 11.6. The van der Waals surface area contributed by atoms with E-state index in [1.807, 2.05) is 0 Å². The van der Waals surface area contributed by atoms with Gasteiger partial charge in [0.1, 0.15) is 33.4 Å². The monoisotopic (exact) mass is 272 g/mol. The fourth-order valence-corrected chi connectivity index (χ4v) is 1.90. The van der Waals surface area contributed by atoms with Crippen molar-refractivity contribution in [2.75, 3.05) is 0 Å². The van der Waals surface area contributed by atoms with Gasteiger partial charge in [0.05, 0.1) is 0 Å². The zero-order valence-electron chi connectivity index (χ0n) is 7.95. The Labute approximate surface area is 94.6 Å². The summed E-state index contributed by atoms with van der Waals surface area (Å²) in [5.74, 6) is -0.353. The standard InChI is InChI=1S/C10H9BrO4/c1-4-2-5(12)8-7(15-4)3-6(13)9(11)10(8)14/h3-4,13-14H,2H2,1H3. The smallest absolute Gasteiger partial charge is 0.174 e. The van der Waals surface area contributed by atoms with Gasteiger partial charge in [-0.05, 0) is 22.9 Å². The number of hydrogen-bond acceptors (Lipinski definition) is 4. The average Bonchev–Trinajstić information content (AvgIpc) is 2.13. The fraction of sp³-hybridized carbons (Fsp3) is 0.300. The van der Waals surface area contributed by atoms with E-state index in [4.69, 9.17) is 4.74 Å². The number of hydrogen-bond donors (Lipinski definition) is 2. The second-order valence-electron chi connectivity index (χ2n) is 3.49. The molecule has 0 fully saturated rings. The third kappa shape index (κ3) is 1.56. The van der Waals surface area contributed by atoms with Crippen LogP contribution in [0.25, 0.3) is 0 Å². The van der Waals surface area contributed by atoms with Crippen molar-refractivity contribution in [3.05, 3.63) is 16.1 Å². The SMILES string of the molecule is CC1CC(=O)c2c(cc(O)c(Br)c2O)O1. The van der Waals surface area contributed by atoms with Crippen molar-refractivity contribution in [2.45, 2.75) is 19.4 Å². The molecule has 1 aliphatic heterocycles. The average molecular weight is 273 g/mol. The van der Waals surface area contributed by atoms with Crippen molar-refractivity contribution < 1.29 is 19.7 Å². The minimum atomic E-state index is -0.262. The molecule has 1 aromatic carbocycles. The Morgan fingerprint density at radius 2 is 2.20 bits per heavy atom. The molecule has 0 radical (unpaired) electrons. The highest BCUT2D eigenvalue weighted by Gasteiger charge is 2.29. The van der Waals surface area contributed by atoms with Gasteiger partial charge in [0, 0.05) is 12.5 Å². The number of ether oxygens (including phenoxy) is 1. The molecule has 1 unspecified atom stereocenters. The quantitative estimate of drug-likeness (QED) is 0.760. The summed E-state index contributed by atoms with van der Waals surface area (Å²) in [6.45, 7) is 1.76. The van der Waals surface area contributed by atoms with Crippen molar-refractivity contribution >= 4 is 21.7 Å². The number of halogens is 1. The molecule has 0 spiro atoms. The summed E-state index contributed by atoms with van der Waals surface area (Å²) in [7, 11) is 0. The van der Waals surface area contributed by atoms with Crippen LogP contribution < -0.4 is 4.74 Å². The maximum atomic E-state index is 11.6. The Hall–Kier alpha value is -1.23. The van der Waals surface area contributed by atoms with Crippen LogP contribution >= 0.6 is 15.9 Å². The molecule has 2 rings (SSSR count). The molecular weight excluding hydrogens is 264 g/mol. The number of phenols is 2. The molecule has 4 nitrogen and oxygen atoms in total. The first-order valence-corrected chi connectivity index (χ1v) is 5.24. The van der Waals surface area contributed by atoms with E-state index < -0.39 is 0 Å². The predicted octanol–water partition coefficient (Wildman–Crippen LogP) is 2.21. The van der Waals surface area contributed by atoms with E-state index in [9.17, 15) is 15.0 Å². The van der Waals surface area contributed by atoms with Gasteiger partial charge in [0.2, 0.25) is 0 Å². The molecule has 0 saturated heterocycles. The first-order chi connectivity index (χ1) is 7.00. The highest BCUT2D eigenvalue weighted by Crippen LogP contribution is 2.44. The maximum Gasteiger partial charge on any atom is 0.174 e. The third-order valence-electron chi connectivity index (χ3n) is 2.26. The van der Waals surface area contributed by atoms with E-state index in [-0.39, 0.29) is 45.6 Å². The highest BCUT2D eigenvalue weighted by molar-refractivity contribution is 9.10. The largest absolute Gasteiger partial charge is 0.506 e. The van der Waals surface area contributed by atoms with Crippen LogP contribution in [0.15, 0.2) is 10.5 Å². The number of carbonyl (C=O) groups is 1. The Morgan fingerprint density at radius 3 is 2.87 bits per heavy atom. The second-order valence-corrected chi connectivity index (χ2v) is 4.28. The molecule has 80 valence electrons. The third-order valence-corrected chi connectivity index (χ3v) is 3.05. The molecule has 5 heteroatoms. The van der Waals surface area contributed by atoms with Crippen LogP contribution in [-0.2, 0) is 0 Å². The van der Waals surface area contributed by atoms with E-state index in [0.29, 0.717) is 0 Å². The predicted molar refractivity (Wildman–Crippen MR) is 56.5 cm³/mol. The van der Waals surface area contributed by atoms with Gasteiger partial charge >= 0.3 is 0 Å². The first kappa shape index (κ1) is 10.3. The lowest BCUT2D eigenvalue weighted by Gasteiger charge is -2.23. The normalized spacial score (nSPS) is 19.6. The lowest BCUT2D eigenvalue weighted by molar-refractivity contribution is 0.0866. The Balaban J connectivity index is 2.66. The summed E-state index contributed by atoms with van der Waals surface area (Å²) in [5.41, 5.74) is 0.137. The summed E-state index contributed by atoms with van der Waals surface area (Å²) >= 11 is 2.99. The minimum Gasteiger partial charge on any atom is -0.506 e. The van der Waals surface area contributed by atoms with Crippen molar-refractivity contribution in [2.24, 2.45) is 0 Å². The molecule has 1 aromatic rings. The fourth-order valence-electron chi connectivity index (χ4n) is 1.59. The molecular formula is C10H9BrO4. The van der Waals surface area contributed by atoms with Crippen molar-refractivity contribution in [3.63, 3.8) is 0 Å². The number of Topliss-reactive ketones (excluding diaryl/α,β-unsaturated/α-hetero) is 1. The van der Waals surface area contributed by atoms with Crippen LogP contribution in [-0.4, -0.2) is 22.1 Å². The van der Waals surface area contributed by atoms with Gasteiger partial charge in [-0.25, -0.2) is 0 Å². The van der Waals surface area contributed by atoms with E-state index in [0.717, 1.165) is 0 Å². The molecule has 0 bridgehead atoms. The van der Waals surface area contributed by atoms with Gasteiger partial charge in [0.15, 0.2) is 5.78 Å². The van der Waals surface area contributed by atoms with E-state index in [1.54, 1.807) is 6.92 Å². The molecule has 2 N–H and O–H groups in total. The molecule has 0 aliphatic carbocycles. The van der Waals surface area contributed by atoms with Crippen molar-refractivity contribution in [3.8, 4) is 17.2 Å². The molecule has 0 aromatic heterocycles. The number of aromatic hydroxyl groups is 2. The molecule has 1 heterocycles. The summed E-state index contributed by atoms with van der Waals surface area (Å²) in [6, 6.07) is 1.33. The number of rotatable bonds is 0. The second kappa shape index (κ2) is 3.41. The zero-order valence-corrected chi connectivity index (χ0v) is 9.54. The highest BCUT2D eigenvalue weighted by atomic mass is 79.9. The molecule has 15 heavy (non-hydrogen) atoms. The summed E-state index contributed by atoms with van der Waals surface area (Å²) in [6.07, 6.45) is 0.00240. The van der Waals surface area contributed by atoms with Crippen LogP contribution in [0, 0.1) is 0 Å². The Morgan fingerprint density at radius 1 is 1.53 bits per heavy atom. The van der Waals surface area contributed by atoms with E-state index in [2.05, 4.69) is 15.9 Å². The number of phenolic OH excluding ortho intramolecular Hbond substituents is 2. The van der Waals surface area contributed by atoms with Crippen molar-refractivity contribution in [1.82, 2.24) is 0 Å². The molecule has 1 aliphatic rings. The first-order valence-electron chi connectivity index (χ1n) is 4.45. The Bertz CT molecular complexity index is 442. The molecule has 0 saturated carbocycles.